The maximum Gasteiger partial charge on any atom is 0.502 e. The van der Waals surface area contributed by atoms with Gasteiger partial charge in [-0.25, -0.2) is 4.79 Å². The normalized spacial score (nSPS) is 22.4. The molecule has 1 saturated carbocycles. The summed E-state index contributed by atoms with van der Waals surface area (Å²) in [5, 5.41) is 7.40. The molecule has 29 heavy (non-hydrogen) atoms. The van der Waals surface area contributed by atoms with Gasteiger partial charge in [-0.1, -0.05) is 19.3 Å². The molecule has 0 radical (unpaired) electrons. The van der Waals surface area contributed by atoms with E-state index in [0.29, 0.717) is 13.1 Å². The molecule has 4 rings (SSSR count). The smallest absolute Gasteiger partial charge is 0.497 e. The van der Waals surface area contributed by atoms with Gasteiger partial charge < -0.3 is 15.0 Å². The molecule has 1 aromatic carbocycles. The maximum absolute atomic E-state index is 12.6. The van der Waals surface area contributed by atoms with Gasteiger partial charge in [-0.05, 0) is 41.8 Å². The van der Waals surface area contributed by atoms with Crippen LogP contribution in [-0.4, -0.2) is 66.4 Å². The molecule has 1 atom stereocenters. The van der Waals surface area contributed by atoms with E-state index in [4.69, 9.17) is 4.74 Å². The van der Waals surface area contributed by atoms with Crippen molar-refractivity contribution in [3.63, 3.8) is 0 Å². The van der Waals surface area contributed by atoms with Crippen LogP contribution in [0.3, 0.4) is 0 Å². The molecule has 2 fully saturated rings. The van der Waals surface area contributed by atoms with Gasteiger partial charge in [0.15, 0.2) is 0 Å². The standard InChI is InChI=1S/C20H25N5O4/c1-29-16-9-7-15(8-10-16)23-11-12-24-18(27)19(28)25(22-20(23)24)13-17(26)21-14-5-3-2-4-6-14/h7-10,14,20H,2-6,11-13H2,1H3/p+1. The van der Waals surface area contributed by atoms with Gasteiger partial charge in [0.05, 0.1) is 7.11 Å². The molecule has 1 N–H and O–H groups in total. The number of nitrogens with one attached hydrogen (secondary N) is 1. The molecule has 9 nitrogen and oxygen atoms in total. The van der Waals surface area contributed by atoms with Crippen LogP contribution in [0, 0.1) is 0 Å². The molecular formula is C20H26N5O4+. The Kier molecular flexibility index (Phi) is 5.46. The first-order valence-corrected chi connectivity index (χ1v) is 10.1. The number of amides is 3. The molecule has 1 saturated heterocycles. The average molecular weight is 400 g/mol. The van der Waals surface area contributed by atoms with Crippen molar-refractivity contribution < 1.29 is 23.8 Å². The summed E-state index contributed by atoms with van der Waals surface area (Å²) in [5.74, 6) is -0.912. The first-order valence-electron chi connectivity index (χ1n) is 10.1. The highest BCUT2D eigenvalue weighted by molar-refractivity contribution is 6.31. The largest absolute Gasteiger partial charge is 0.502 e. The Hall–Kier alpha value is -2.97. The van der Waals surface area contributed by atoms with Crippen molar-refractivity contribution in [3.05, 3.63) is 24.3 Å². The molecule has 154 valence electrons. The Labute approximate surface area is 169 Å². The molecule has 0 aromatic heterocycles. The number of hydrogen-bond acceptors (Lipinski definition) is 6. The quantitative estimate of drug-likeness (QED) is 0.590. The summed E-state index contributed by atoms with van der Waals surface area (Å²) in [4.78, 5) is 40.8. The van der Waals surface area contributed by atoms with Crippen LogP contribution < -0.4 is 15.0 Å². The van der Waals surface area contributed by atoms with Gasteiger partial charge in [0.1, 0.15) is 5.75 Å². The van der Waals surface area contributed by atoms with Gasteiger partial charge in [-0.15, -0.1) is 0 Å². The number of carbonyl (C=O) groups excluding carboxylic acids is 3. The fourth-order valence-electron chi connectivity index (χ4n) is 4.16. The Morgan fingerprint density at radius 1 is 1.14 bits per heavy atom. The minimum atomic E-state index is -0.753. The molecule has 2 heterocycles. The molecule has 0 bridgehead atoms. The van der Waals surface area contributed by atoms with Crippen LogP contribution in [-0.2, 0) is 14.4 Å². The summed E-state index contributed by atoms with van der Waals surface area (Å²) < 4.78 is 6.21. The fraction of sp³-hybridized carbons (Fsp3) is 0.550. The van der Waals surface area contributed by atoms with Gasteiger partial charge in [0.25, 0.3) is 18.7 Å². The summed E-state index contributed by atoms with van der Waals surface area (Å²) in [7, 11) is 1.60. The van der Waals surface area contributed by atoms with Crippen molar-refractivity contribution in [2.45, 2.75) is 44.4 Å². The Bertz CT molecular complexity index is 832. The molecule has 3 amide bonds. The number of hydrogen-bond donors (Lipinski definition) is 1. The second-order valence-electron chi connectivity index (χ2n) is 7.62. The highest BCUT2D eigenvalue weighted by Gasteiger charge is 2.49. The monoisotopic (exact) mass is 400 g/mol. The highest BCUT2D eigenvalue weighted by Crippen LogP contribution is 2.28. The lowest BCUT2D eigenvalue weighted by atomic mass is 9.95. The molecule has 0 spiro atoms. The summed E-state index contributed by atoms with van der Waals surface area (Å²) in [6.45, 7) is 0.733. The molecule has 9 heteroatoms. The predicted molar refractivity (Wildman–Crippen MR) is 103 cm³/mol. The van der Waals surface area contributed by atoms with E-state index in [0.717, 1.165) is 41.8 Å². The highest BCUT2D eigenvalue weighted by atomic mass is 16.5. The van der Waals surface area contributed by atoms with Gasteiger partial charge in [-0.2, -0.15) is 0 Å². The maximum atomic E-state index is 12.6. The zero-order chi connectivity index (χ0) is 20.4. The molecular weight excluding hydrogens is 374 g/mol. The SMILES string of the molecule is COc1ccc(N2CCN3C(=O)C(=O)[N+](CC(=O)NC4CCCCC4)=NC32)cc1. The second-order valence-corrected chi connectivity index (χ2v) is 7.62. The van der Waals surface area contributed by atoms with Crippen molar-refractivity contribution in [1.82, 2.24) is 10.2 Å². The van der Waals surface area contributed by atoms with Crippen molar-refractivity contribution in [2.24, 2.45) is 5.11 Å². The third-order valence-corrected chi connectivity index (χ3v) is 5.73. The Morgan fingerprint density at radius 2 is 1.83 bits per heavy atom. The van der Waals surface area contributed by atoms with Gasteiger partial charge in [-0.3, -0.25) is 14.5 Å². The Balaban J connectivity index is 1.50. The minimum absolute atomic E-state index is 0.144. The van der Waals surface area contributed by atoms with Crippen molar-refractivity contribution in [2.75, 3.05) is 31.6 Å². The van der Waals surface area contributed by atoms with Crippen LogP contribution in [0.1, 0.15) is 32.1 Å². The van der Waals surface area contributed by atoms with Gasteiger partial charge in [0, 0.05) is 29.9 Å². The lowest BCUT2D eigenvalue weighted by molar-refractivity contribution is -0.509. The number of azo groups is 2. The van der Waals surface area contributed by atoms with Crippen LogP contribution in [0.2, 0.25) is 0 Å². The fourth-order valence-corrected chi connectivity index (χ4v) is 4.16. The number of benzene rings is 1. The zero-order valence-electron chi connectivity index (χ0n) is 16.5. The number of fused-ring (bicyclic) bond motifs is 1. The Morgan fingerprint density at radius 3 is 2.52 bits per heavy atom. The minimum Gasteiger partial charge on any atom is -0.497 e. The van der Waals surface area contributed by atoms with Crippen LogP contribution in [0.15, 0.2) is 29.4 Å². The summed E-state index contributed by atoms with van der Waals surface area (Å²) in [6.07, 6.45) is 4.68. The van der Waals surface area contributed by atoms with Crippen LogP contribution >= 0.6 is 0 Å². The van der Waals surface area contributed by atoms with Crippen molar-refractivity contribution in [1.29, 1.82) is 0 Å². The molecule has 2 aliphatic heterocycles. The summed E-state index contributed by atoms with van der Waals surface area (Å²) in [5.41, 5.74) is 0.871. The summed E-state index contributed by atoms with van der Waals surface area (Å²) >= 11 is 0. The van der Waals surface area contributed by atoms with E-state index >= 15 is 0 Å². The first kappa shape index (κ1) is 19.4. The van der Waals surface area contributed by atoms with E-state index in [9.17, 15) is 14.4 Å². The predicted octanol–water partition coefficient (Wildman–Crippen LogP) is 1.08. The van der Waals surface area contributed by atoms with Crippen molar-refractivity contribution >= 4 is 23.4 Å². The second kappa shape index (κ2) is 8.18. The number of anilines is 1. The van der Waals surface area contributed by atoms with E-state index < -0.39 is 18.1 Å². The lowest BCUT2D eigenvalue weighted by Gasteiger charge is -2.27. The number of rotatable bonds is 5. The summed E-state index contributed by atoms with van der Waals surface area (Å²) in [6, 6.07) is 7.59. The number of carbonyl (C=O) groups is 3. The molecule has 1 aromatic rings. The number of ether oxygens (including phenoxy) is 1. The van der Waals surface area contributed by atoms with E-state index in [1.54, 1.807) is 7.11 Å². The van der Waals surface area contributed by atoms with Crippen molar-refractivity contribution in [3.8, 4) is 5.75 Å². The van der Waals surface area contributed by atoms with Crippen LogP contribution in [0.25, 0.3) is 0 Å². The van der Waals surface area contributed by atoms with E-state index in [1.807, 2.05) is 29.2 Å². The zero-order valence-corrected chi connectivity index (χ0v) is 16.5. The third-order valence-electron chi connectivity index (χ3n) is 5.73. The lowest BCUT2D eigenvalue weighted by Crippen LogP contribution is -2.53. The molecule has 1 unspecified atom stereocenters. The van der Waals surface area contributed by atoms with Crippen LogP contribution in [0.5, 0.6) is 5.75 Å². The third kappa shape index (κ3) is 3.94. The van der Waals surface area contributed by atoms with Gasteiger partial charge >= 0.3 is 11.8 Å². The van der Waals surface area contributed by atoms with E-state index in [1.165, 1.54) is 11.3 Å². The van der Waals surface area contributed by atoms with Crippen LogP contribution in [0.4, 0.5) is 5.69 Å². The van der Waals surface area contributed by atoms with E-state index in [2.05, 4.69) is 10.4 Å². The van der Waals surface area contributed by atoms with E-state index in [-0.39, 0.29) is 18.5 Å². The topological polar surface area (TPSA) is 94.3 Å². The van der Waals surface area contributed by atoms with Gasteiger partial charge in [0.2, 0.25) is 0 Å². The average Bonchev–Trinajstić information content (AvgIpc) is 3.16. The number of methoxy groups -OCH3 is 1. The molecule has 3 aliphatic rings. The molecule has 1 aliphatic carbocycles. The number of nitrogens with zero attached hydrogens (tertiary/aromatic N) is 4. The first-order chi connectivity index (χ1) is 14.1.